The highest BCUT2D eigenvalue weighted by Crippen LogP contribution is 2.33. The molecule has 1 rings (SSSR count). The second kappa shape index (κ2) is 5.52. The van der Waals surface area contributed by atoms with Crippen LogP contribution in [0.4, 0.5) is 4.39 Å². The third-order valence-electron chi connectivity index (χ3n) is 2.33. The van der Waals surface area contributed by atoms with Gasteiger partial charge < -0.3 is 5.11 Å². The Morgan fingerprint density at radius 1 is 1.40 bits per heavy atom. The maximum absolute atomic E-state index is 13.5. The largest absolute Gasteiger partial charge is 0.389 e. The Labute approximate surface area is 94.7 Å². The molecule has 0 fully saturated rings. The first-order valence-corrected chi connectivity index (χ1v) is 6.07. The zero-order valence-corrected chi connectivity index (χ0v) is 10.1. The number of halogens is 1. The zero-order valence-electron chi connectivity index (χ0n) is 9.33. The van der Waals surface area contributed by atoms with Crippen molar-refractivity contribution in [3.8, 4) is 0 Å². The lowest BCUT2D eigenvalue weighted by molar-refractivity contribution is 0.191. The molecule has 3 heteroatoms. The number of aliphatic hydroxyl groups excluding tert-OH is 1. The maximum atomic E-state index is 13.5. The molecule has 15 heavy (non-hydrogen) atoms. The van der Waals surface area contributed by atoms with Crippen LogP contribution in [-0.2, 0) is 0 Å². The van der Waals surface area contributed by atoms with Crippen molar-refractivity contribution >= 4 is 11.8 Å². The van der Waals surface area contributed by atoms with Crippen LogP contribution in [0.1, 0.15) is 38.9 Å². The first kappa shape index (κ1) is 12.5. The van der Waals surface area contributed by atoms with Crippen molar-refractivity contribution < 1.29 is 9.50 Å². The van der Waals surface area contributed by atoms with E-state index in [0.717, 1.165) is 11.3 Å². The van der Waals surface area contributed by atoms with Gasteiger partial charge in [0.25, 0.3) is 0 Å². The van der Waals surface area contributed by atoms with Gasteiger partial charge in [-0.15, -0.1) is 11.8 Å². The molecule has 0 aromatic heterocycles. The van der Waals surface area contributed by atoms with E-state index in [-0.39, 0.29) is 5.82 Å². The molecule has 0 spiro atoms. The van der Waals surface area contributed by atoms with Gasteiger partial charge in [-0.3, -0.25) is 0 Å². The Balaban J connectivity index is 3.00. The highest BCUT2D eigenvalue weighted by atomic mass is 32.2. The minimum atomic E-state index is -0.752. The van der Waals surface area contributed by atoms with Crippen LogP contribution in [0, 0.1) is 5.82 Å². The Kier molecular flexibility index (Phi) is 4.61. The first-order chi connectivity index (χ1) is 7.06. The molecule has 1 aromatic carbocycles. The average Bonchev–Trinajstić information content (AvgIpc) is 2.17. The van der Waals surface area contributed by atoms with Gasteiger partial charge in [0.05, 0.1) is 6.10 Å². The van der Waals surface area contributed by atoms with Crippen LogP contribution in [0.2, 0.25) is 0 Å². The predicted molar refractivity (Wildman–Crippen MR) is 62.6 cm³/mol. The number of thioether (sulfide) groups is 1. The standard InChI is InChI=1S/C12H17FOS/c1-4-8(2)15-11-7-5-6-10(13)12(11)9(3)14/h5-9,14H,4H2,1-3H3/t8?,9-/m1/s1. The Morgan fingerprint density at radius 3 is 2.60 bits per heavy atom. The summed E-state index contributed by atoms with van der Waals surface area (Å²) in [5, 5.41) is 9.95. The van der Waals surface area contributed by atoms with Crippen molar-refractivity contribution in [2.45, 2.75) is 43.4 Å². The third kappa shape index (κ3) is 3.21. The molecule has 0 aliphatic heterocycles. The van der Waals surface area contributed by atoms with E-state index in [0.29, 0.717) is 10.8 Å². The predicted octanol–water partition coefficient (Wildman–Crippen LogP) is 3.77. The van der Waals surface area contributed by atoms with E-state index in [4.69, 9.17) is 0 Å². The minimum absolute atomic E-state index is 0.321. The summed E-state index contributed by atoms with van der Waals surface area (Å²) < 4.78 is 13.5. The van der Waals surface area contributed by atoms with Gasteiger partial charge in [0, 0.05) is 15.7 Å². The van der Waals surface area contributed by atoms with E-state index < -0.39 is 6.10 Å². The van der Waals surface area contributed by atoms with Crippen molar-refractivity contribution in [3.63, 3.8) is 0 Å². The number of hydrogen-bond acceptors (Lipinski definition) is 2. The average molecular weight is 228 g/mol. The third-order valence-corrected chi connectivity index (χ3v) is 3.68. The summed E-state index contributed by atoms with van der Waals surface area (Å²) in [4.78, 5) is 0.847. The van der Waals surface area contributed by atoms with Crippen LogP contribution in [0.25, 0.3) is 0 Å². The molecule has 0 heterocycles. The Hall–Kier alpha value is -0.540. The molecule has 0 amide bonds. The topological polar surface area (TPSA) is 20.2 Å². The zero-order chi connectivity index (χ0) is 11.4. The summed E-state index contributed by atoms with van der Waals surface area (Å²) in [5.41, 5.74) is 0.419. The molecule has 1 N–H and O–H groups in total. The van der Waals surface area contributed by atoms with Crippen molar-refractivity contribution in [1.29, 1.82) is 0 Å². The van der Waals surface area contributed by atoms with Crippen molar-refractivity contribution in [2.75, 3.05) is 0 Å². The van der Waals surface area contributed by atoms with Gasteiger partial charge in [0.2, 0.25) is 0 Å². The van der Waals surface area contributed by atoms with Crippen LogP contribution in [0.3, 0.4) is 0 Å². The lowest BCUT2D eigenvalue weighted by atomic mass is 10.1. The molecule has 1 unspecified atom stereocenters. The molecule has 0 saturated carbocycles. The van der Waals surface area contributed by atoms with E-state index >= 15 is 0 Å². The normalized spacial score (nSPS) is 15.0. The number of aliphatic hydroxyl groups is 1. The fourth-order valence-electron chi connectivity index (χ4n) is 1.33. The van der Waals surface area contributed by atoms with E-state index in [1.807, 2.05) is 6.07 Å². The lowest BCUT2D eigenvalue weighted by Gasteiger charge is -2.15. The molecule has 0 bridgehead atoms. The molecule has 2 atom stereocenters. The number of rotatable bonds is 4. The second-order valence-corrected chi connectivity index (χ2v) is 5.14. The van der Waals surface area contributed by atoms with E-state index in [1.165, 1.54) is 6.07 Å². The molecule has 1 nitrogen and oxygen atoms in total. The number of hydrogen-bond donors (Lipinski definition) is 1. The Morgan fingerprint density at radius 2 is 2.07 bits per heavy atom. The van der Waals surface area contributed by atoms with Gasteiger partial charge in [-0.1, -0.05) is 19.9 Å². The SMILES string of the molecule is CCC(C)Sc1cccc(F)c1[C@@H](C)O. The maximum Gasteiger partial charge on any atom is 0.130 e. The van der Waals surface area contributed by atoms with Crippen molar-refractivity contribution in [1.82, 2.24) is 0 Å². The molecule has 0 radical (unpaired) electrons. The van der Waals surface area contributed by atoms with Crippen LogP contribution in [0.15, 0.2) is 23.1 Å². The van der Waals surface area contributed by atoms with Crippen LogP contribution in [-0.4, -0.2) is 10.4 Å². The molecular formula is C12H17FOS. The first-order valence-electron chi connectivity index (χ1n) is 5.19. The molecule has 84 valence electrons. The van der Waals surface area contributed by atoms with Crippen LogP contribution in [0.5, 0.6) is 0 Å². The van der Waals surface area contributed by atoms with Gasteiger partial charge in [0.1, 0.15) is 5.82 Å². The number of benzene rings is 1. The van der Waals surface area contributed by atoms with E-state index in [1.54, 1.807) is 24.8 Å². The van der Waals surface area contributed by atoms with E-state index in [9.17, 15) is 9.50 Å². The molecular weight excluding hydrogens is 211 g/mol. The Bertz CT molecular complexity index is 325. The second-order valence-electron chi connectivity index (χ2n) is 3.66. The monoisotopic (exact) mass is 228 g/mol. The van der Waals surface area contributed by atoms with Gasteiger partial charge >= 0.3 is 0 Å². The molecule has 0 saturated heterocycles. The minimum Gasteiger partial charge on any atom is -0.389 e. The van der Waals surface area contributed by atoms with E-state index in [2.05, 4.69) is 13.8 Å². The van der Waals surface area contributed by atoms with Gasteiger partial charge in [-0.25, -0.2) is 4.39 Å². The fraction of sp³-hybridized carbons (Fsp3) is 0.500. The lowest BCUT2D eigenvalue weighted by Crippen LogP contribution is -2.01. The molecule has 0 aliphatic carbocycles. The van der Waals surface area contributed by atoms with Crippen molar-refractivity contribution in [2.24, 2.45) is 0 Å². The van der Waals surface area contributed by atoms with Crippen LogP contribution < -0.4 is 0 Å². The smallest absolute Gasteiger partial charge is 0.130 e. The van der Waals surface area contributed by atoms with Crippen molar-refractivity contribution in [3.05, 3.63) is 29.6 Å². The highest BCUT2D eigenvalue weighted by Gasteiger charge is 2.15. The van der Waals surface area contributed by atoms with Gasteiger partial charge in [-0.05, 0) is 25.5 Å². The summed E-state index contributed by atoms with van der Waals surface area (Å²) in [6.45, 7) is 5.79. The molecule has 0 aliphatic rings. The molecule has 1 aromatic rings. The fourth-order valence-corrected chi connectivity index (χ4v) is 2.48. The quantitative estimate of drug-likeness (QED) is 0.792. The van der Waals surface area contributed by atoms with Crippen LogP contribution >= 0.6 is 11.8 Å². The summed E-state index contributed by atoms with van der Waals surface area (Å²) in [6.07, 6.45) is 0.276. The summed E-state index contributed by atoms with van der Waals surface area (Å²) in [7, 11) is 0. The highest BCUT2D eigenvalue weighted by molar-refractivity contribution is 8.00. The van der Waals surface area contributed by atoms with Gasteiger partial charge in [-0.2, -0.15) is 0 Å². The summed E-state index contributed by atoms with van der Waals surface area (Å²) >= 11 is 1.61. The van der Waals surface area contributed by atoms with Gasteiger partial charge in [0.15, 0.2) is 0 Å². The summed E-state index contributed by atoms with van der Waals surface area (Å²) in [6, 6.07) is 4.94. The summed E-state index contributed by atoms with van der Waals surface area (Å²) in [5.74, 6) is -0.321.